The molecule has 4 rings (SSSR count). The van der Waals surface area contributed by atoms with Crippen molar-refractivity contribution in [3.8, 4) is 0 Å². The van der Waals surface area contributed by atoms with Crippen LogP contribution in [0.25, 0.3) is 10.9 Å². The summed E-state index contributed by atoms with van der Waals surface area (Å²) >= 11 is 7.32. The third-order valence-corrected chi connectivity index (χ3v) is 6.46. The van der Waals surface area contributed by atoms with E-state index in [1.165, 1.54) is 16.3 Å². The van der Waals surface area contributed by atoms with E-state index in [1.54, 1.807) is 42.5 Å². The Morgan fingerprint density at radius 2 is 1.75 bits per heavy atom. The van der Waals surface area contributed by atoms with Crippen molar-refractivity contribution in [2.75, 3.05) is 11.1 Å². The van der Waals surface area contributed by atoms with Gasteiger partial charge in [0.05, 0.1) is 23.2 Å². The van der Waals surface area contributed by atoms with E-state index >= 15 is 0 Å². The van der Waals surface area contributed by atoms with Crippen LogP contribution in [0.5, 0.6) is 0 Å². The van der Waals surface area contributed by atoms with Gasteiger partial charge in [-0.1, -0.05) is 53.7 Å². The Bertz CT molecular complexity index is 1450. The Morgan fingerprint density at radius 3 is 2.44 bits per heavy atom. The van der Waals surface area contributed by atoms with E-state index in [1.807, 2.05) is 44.2 Å². The summed E-state index contributed by atoms with van der Waals surface area (Å²) in [6.07, 6.45) is 0. The van der Waals surface area contributed by atoms with Gasteiger partial charge in [0.15, 0.2) is 5.16 Å². The molecule has 0 bridgehead atoms. The molecule has 0 spiro atoms. The summed E-state index contributed by atoms with van der Waals surface area (Å²) in [5.74, 6) is -0.283. The number of aromatic nitrogens is 2. The maximum Gasteiger partial charge on any atom is 0.262 e. The number of nitrogens with zero attached hydrogens (tertiary/aromatic N) is 2. The first-order valence-corrected chi connectivity index (χ1v) is 12.7. The summed E-state index contributed by atoms with van der Waals surface area (Å²) in [5, 5.41) is 6.95. The zero-order chi connectivity index (χ0) is 25.7. The first-order valence-electron chi connectivity index (χ1n) is 11.4. The molecule has 0 radical (unpaired) electrons. The van der Waals surface area contributed by atoms with Crippen molar-refractivity contribution in [2.45, 2.75) is 31.6 Å². The number of fused-ring (bicyclic) bond motifs is 1. The maximum absolute atomic E-state index is 13.4. The number of halogens is 1. The van der Waals surface area contributed by atoms with E-state index in [4.69, 9.17) is 11.6 Å². The summed E-state index contributed by atoms with van der Waals surface area (Å²) in [5.41, 5.74) is 2.30. The number of thioether (sulfide) groups is 1. The van der Waals surface area contributed by atoms with E-state index < -0.39 is 0 Å². The Morgan fingerprint density at radius 1 is 1.03 bits per heavy atom. The molecule has 184 valence electrons. The summed E-state index contributed by atoms with van der Waals surface area (Å²) < 4.78 is 1.53. The van der Waals surface area contributed by atoms with Gasteiger partial charge in [0, 0.05) is 22.3 Å². The maximum atomic E-state index is 13.4. The lowest BCUT2D eigenvalue weighted by molar-refractivity contribution is -0.113. The average Bonchev–Trinajstić information content (AvgIpc) is 2.85. The zero-order valence-electron chi connectivity index (χ0n) is 19.8. The monoisotopic (exact) mass is 520 g/mol. The minimum absolute atomic E-state index is 0.0323. The molecule has 0 aliphatic rings. The molecule has 9 heteroatoms. The summed E-state index contributed by atoms with van der Waals surface area (Å²) in [6, 6.07) is 21.2. The Kier molecular flexibility index (Phi) is 8.07. The second kappa shape index (κ2) is 11.4. The largest absolute Gasteiger partial charge is 0.350 e. The fourth-order valence-electron chi connectivity index (χ4n) is 3.56. The normalized spacial score (nSPS) is 11.0. The van der Waals surface area contributed by atoms with Gasteiger partial charge in [-0.25, -0.2) is 4.98 Å². The molecular formula is C27H25ClN4O3S. The molecular weight excluding hydrogens is 496 g/mol. The molecule has 0 unspecified atom stereocenters. The van der Waals surface area contributed by atoms with E-state index in [0.717, 1.165) is 5.56 Å². The third-order valence-electron chi connectivity index (χ3n) is 5.25. The average molecular weight is 521 g/mol. The number of rotatable bonds is 8. The summed E-state index contributed by atoms with van der Waals surface area (Å²) in [7, 11) is 0. The Labute approximate surface area is 217 Å². The number of hydrogen-bond acceptors (Lipinski definition) is 5. The number of amides is 2. The number of benzene rings is 3. The van der Waals surface area contributed by atoms with Gasteiger partial charge in [-0.15, -0.1) is 0 Å². The van der Waals surface area contributed by atoms with Crippen LogP contribution in [0.2, 0.25) is 5.02 Å². The molecule has 4 aromatic rings. The summed E-state index contributed by atoms with van der Waals surface area (Å²) in [4.78, 5) is 42.9. The van der Waals surface area contributed by atoms with Crippen LogP contribution in [0.1, 0.15) is 29.8 Å². The molecule has 0 fully saturated rings. The molecule has 0 aliphatic heterocycles. The first-order chi connectivity index (χ1) is 17.3. The van der Waals surface area contributed by atoms with Crippen LogP contribution < -0.4 is 16.2 Å². The second-order valence-electron chi connectivity index (χ2n) is 8.48. The van der Waals surface area contributed by atoms with Crippen molar-refractivity contribution in [1.29, 1.82) is 0 Å². The number of hydrogen-bond donors (Lipinski definition) is 2. The van der Waals surface area contributed by atoms with Crippen molar-refractivity contribution in [2.24, 2.45) is 0 Å². The van der Waals surface area contributed by atoms with Crippen LogP contribution >= 0.6 is 23.4 Å². The fraction of sp³-hybridized carbons (Fsp3) is 0.185. The van der Waals surface area contributed by atoms with Crippen LogP contribution in [0.15, 0.2) is 82.7 Å². The molecule has 36 heavy (non-hydrogen) atoms. The number of para-hydroxylation sites is 1. The van der Waals surface area contributed by atoms with Gasteiger partial charge in [-0.05, 0) is 61.9 Å². The van der Waals surface area contributed by atoms with Gasteiger partial charge in [-0.2, -0.15) is 0 Å². The third kappa shape index (κ3) is 6.33. The van der Waals surface area contributed by atoms with Crippen LogP contribution in [-0.2, 0) is 11.3 Å². The molecule has 7 nitrogen and oxygen atoms in total. The highest BCUT2D eigenvalue weighted by molar-refractivity contribution is 7.99. The Hall–Kier alpha value is -3.62. The van der Waals surface area contributed by atoms with Crippen molar-refractivity contribution in [3.05, 3.63) is 99.3 Å². The van der Waals surface area contributed by atoms with Gasteiger partial charge >= 0.3 is 0 Å². The number of nitrogens with one attached hydrogen (secondary N) is 2. The topological polar surface area (TPSA) is 93.1 Å². The molecule has 3 aromatic carbocycles. The predicted molar refractivity (Wildman–Crippen MR) is 145 cm³/mol. The zero-order valence-corrected chi connectivity index (χ0v) is 21.4. The lowest BCUT2D eigenvalue weighted by Gasteiger charge is -2.14. The quantitative estimate of drug-likeness (QED) is 0.253. The number of carbonyl (C=O) groups excluding carboxylic acids is 2. The van der Waals surface area contributed by atoms with Crippen molar-refractivity contribution < 1.29 is 9.59 Å². The molecule has 0 aliphatic carbocycles. The predicted octanol–water partition coefficient (Wildman–Crippen LogP) is 4.97. The van der Waals surface area contributed by atoms with E-state index in [-0.39, 0.29) is 35.7 Å². The van der Waals surface area contributed by atoms with Gasteiger partial charge < -0.3 is 10.6 Å². The van der Waals surface area contributed by atoms with Gasteiger partial charge in [-0.3, -0.25) is 19.0 Å². The highest BCUT2D eigenvalue weighted by Crippen LogP contribution is 2.22. The van der Waals surface area contributed by atoms with E-state index in [9.17, 15) is 14.4 Å². The van der Waals surface area contributed by atoms with E-state index in [2.05, 4.69) is 15.6 Å². The van der Waals surface area contributed by atoms with Crippen LogP contribution in [0.4, 0.5) is 5.69 Å². The van der Waals surface area contributed by atoms with E-state index in [0.29, 0.717) is 32.3 Å². The van der Waals surface area contributed by atoms with Crippen molar-refractivity contribution in [3.63, 3.8) is 0 Å². The molecule has 2 N–H and O–H groups in total. The molecule has 1 aromatic heterocycles. The summed E-state index contributed by atoms with van der Waals surface area (Å²) in [6.45, 7) is 4.02. The number of carbonyl (C=O) groups is 2. The minimum atomic E-state index is -0.255. The standard InChI is InChI=1S/C27H25ClN4O3S/c1-17(2)29-25(34)19-10-8-18(9-11-19)15-32-26(35)22-14-20(28)12-13-23(22)31-27(32)36-16-24(33)30-21-6-4-3-5-7-21/h3-14,17H,15-16H2,1-2H3,(H,29,34)(H,30,33). The lowest BCUT2D eigenvalue weighted by atomic mass is 10.1. The lowest BCUT2D eigenvalue weighted by Crippen LogP contribution is -2.30. The first kappa shape index (κ1) is 25.5. The van der Waals surface area contributed by atoms with Crippen LogP contribution in [0.3, 0.4) is 0 Å². The van der Waals surface area contributed by atoms with Crippen molar-refractivity contribution >= 4 is 51.8 Å². The second-order valence-corrected chi connectivity index (χ2v) is 9.85. The molecule has 0 saturated heterocycles. The fourth-order valence-corrected chi connectivity index (χ4v) is 4.53. The molecule has 0 atom stereocenters. The SMILES string of the molecule is CC(C)NC(=O)c1ccc(Cn2c(SCC(=O)Nc3ccccc3)nc3ccc(Cl)cc3c2=O)cc1. The highest BCUT2D eigenvalue weighted by Gasteiger charge is 2.15. The van der Waals surface area contributed by atoms with Crippen LogP contribution in [-0.4, -0.2) is 33.2 Å². The number of anilines is 1. The molecule has 1 heterocycles. The smallest absolute Gasteiger partial charge is 0.262 e. The molecule has 2 amide bonds. The van der Waals surface area contributed by atoms with Gasteiger partial charge in [0.25, 0.3) is 11.5 Å². The van der Waals surface area contributed by atoms with Gasteiger partial charge in [0.1, 0.15) is 0 Å². The molecule has 0 saturated carbocycles. The van der Waals surface area contributed by atoms with Gasteiger partial charge in [0.2, 0.25) is 5.91 Å². The minimum Gasteiger partial charge on any atom is -0.350 e. The Balaban J connectivity index is 1.61. The highest BCUT2D eigenvalue weighted by atomic mass is 35.5. The van der Waals surface area contributed by atoms with Crippen molar-refractivity contribution in [1.82, 2.24) is 14.9 Å². The van der Waals surface area contributed by atoms with Crippen LogP contribution in [0, 0.1) is 0 Å².